The molecule has 1 heterocycles. The molecule has 0 aromatic heterocycles. The third-order valence-electron chi connectivity index (χ3n) is 2.72. The molecule has 1 aliphatic heterocycles. The average Bonchev–Trinajstić information content (AvgIpc) is 2.54. The van der Waals surface area contributed by atoms with Crippen LogP contribution < -0.4 is 4.90 Å². The molecule has 0 saturated carbocycles. The molecule has 74 valence electrons. The molecule has 0 bridgehead atoms. The van der Waals surface area contributed by atoms with Gasteiger partial charge in [-0.3, -0.25) is 0 Å². The van der Waals surface area contributed by atoms with Gasteiger partial charge in [0.15, 0.2) is 0 Å². The van der Waals surface area contributed by atoms with Crippen LogP contribution >= 0.6 is 11.6 Å². The van der Waals surface area contributed by atoms with Gasteiger partial charge in [0, 0.05) is 30.2 Å². The summed E-state index contributed by atoms with van der Waals surface area (Å²) in [7, 11) is 0. The highest BCUT2D eigenvalue weighted by molar-refractivity contribution is 6.25. The number of fused-ring (bicyclic) bond motifs is 1. The summed E-state index contributed by atoms with van der Waals surface area (Å²) in [5.74, 6) is 0.634. The zero-order valence-corrected chi connectivity index (χ0v) is 9.04. The van der Waals surface area contributed by atoms with E-state index in [1.165, 1.54) is 11.3 Å². The van der Waals surface area contributed by atoms with Crippen molar-refractivity contribution >= 4 is 17.3 Å². The van der Waals surface area contributed by atoms with Crippen molar-refractivity contribution in [2.75, 3.05) is 18.0 Å². The van der Waals surface area contributed by atoms with E-state index < -0.39 is 0 Å². The number of anilines is 1. The fourth-order valence-corrected chi connectivity index (χ4v) is 2.14. The number of para-hydroxylation sites is 1. The van der Waals surface area contributed by atoms with Crippen LogP contribution in [0.1, 0.15) is 18.4 Å². The molecule has 0 N–H and O–H groups in total. The lowest BCUT2D eigenvalue weighted by Crippen LogP contribution is -2.20. The quantitative estimate of drug-likeness (QED) is 0.719. The van der Waals surface area contributed by atoms with Gasteiger partial charge in [-0.05, 0) is 11.6 Å². The van der Waals surface area contributed by atoms with Crippen LogP contribution in [-0.2, 0) is 0 Å². The zero-order chi connectivity index (χ0) is 9.97. The number of nitrogens with zero attached hydrogens (tertiary/aromatic N) is 1. The SMILES string of the molecule is CC1CN(CC=CCl)c2ccccc21. The van der Waals surface area contributed by atoms with Crippen molar-refractivity contribution in [3.8, 4) is 0 Å². The van der Waals surface area contributed by atoms with Gasteiger partial charge in [-0.25, -0.2) is 0 Å². The first-order valence-corrected chi connectivity index (χ1v) is 5.35. The summed E-state index contributed by atoms with van der Waals surface area (Å²) < 4.78 is 0. The highest BCUT2D eigenvalue weighted by atomic mass is 35.5. The van der Waals surface area contributed by atoms with Crippen LogP contribution in [0.5, 0.6) is 0 Å². The molecule has 0 saturated heterocycles. The van der Waals surface area contributed by atoms with Gasteiger partial charge in [0.2, 0.25) is 0 Å². The maximum absolute atomic E-state index is 5.54. The summed E-state index contributed by atoms with van der Waals surface area (Å²) in [6.07, 6.45) is 1.98. The minimum Gasteiger partial charge on any atom is -0.367 e. The van der Waals surface area contributed by atoms with Crippen LogP contribution in [0.15, 0.2) is 35.9 Å². The Bertz CT molecular complexity index is 346. The van der Waals surface area contributed by atoms with Gasteiger partial charge in [-0.1, -0.05) is 42.8 Å². The van der Waals surface area contributed by atoms with E-state index in [-0.39, 0.29) is 0 Å². The smallest absolute Gasteiger partial charge is 0.0405 e. The molecule has 0 spiro atoms. The van der Waals surface area contributed by atoms with Crippen LogP contribution in [0.2, 0.25) is 0 Å². The molecule has 2 rings (SSSR count). The zero-order valence-electron chi connectivity index (χ0n) is 8.28. The lowest BCUT2D eigenvalue weighted by atomic mass is 10.0. The van der Waals surface area contributed by atoms with Gasteiger partial charge in [-0.2, -0.15) is 0 Å². The topological polar surface area (TPSA) is 3.24 Å². The van der Waals surface area contributed by atoms with E-state index in [2.05, 4.69) is 36.1 Å². The molecule has 1 atom stereocenters. The molecule has 1 aliphatic rings. The Kier molecular flexibility index (Phi) is 2.78. The number of hydrogen-bond donors (Lipinski definition) is 0. The normalized spacial score (nSPS) is 20.4. The van der Waals surface area contributed by atoms with Crippen molar-refractivity contribution in [2.24, 2.45) is 0 Å². The number of rotatable bonds is 2. The Morgan fingerprint density at radius 3 is 3.07 bits per heavy atom. The van der Waals surface area contributed by atoms with Crippen molar-refractivity contribution in [3.63, 3.8) is 0 Å². The van der Waals surface area contributed by atoms with E-state index in [0.29, 0.717) is 5.92 Å². The second kappa shape index (κ2) is 4.05. The van der Waals surface area contributed by atoms with E-state index in [4.69, 9.17) is 11.6 Å². The van der Waals surface area contributed by atoms with Crippen molar-refractivity contribution < 1.29 is 0 Å². The number of halogens is 1. The first-order chi connectivity index (χ1) is 6.83. The minimum atomic E-state index is 0.634. The molecule has 1 unspecified atom stereocenters. The predicted molar refractivity (Wildman–Crippen MR) is 62.1 cm³/mol. The summed E-state index contributed by atoms with van der Waals surface area (Å²) in [6.45, 7) is 4.27. The van der Waals surface area contributed by atoms with E-state index in [0.717, 1.165) is 13.1 Å². The fourth-order valence-electron chi connectivity index (χ4n) is 2.06. The van der Waals surface area contributed by atoms with Crippen molar-refractivity contribution in [2.45, 2.75) is 12.8 Å². The summed E-state index contributed by atoms with van der Waals surface area (Å²) >= 11 is 5.54. The highest BCUT2D eigenvalue weighted by Gasteiger charge is 2.23. The predicted octanol–water partition coefficient (Wildman–Crippen LogP) is 3.36. The molecule has 0 radical (unpaired) electrons. The van der Waals surface area contributed by atoms with Gasteiger partial charge >= 0.3 is 0 Å². The van der Waals surface area contributed by atoms with Crippen LogP contribution in [0.4, 0.5) is 5.69 Å². The van der Waals surface area contributed by atoms with Crippen LogP contribution in [0.25, 0.3) is 0 Å². The number of benzene rings is 1. The molecular weight excluding hydrogens is 194 g/mol. The molecule has 2 heteroatoms. The maximum atomic E-state index is 5.54. The molecule has 0 fully saturated rings. The molecule has 14 heavy (non-hydrogen) atoms. The Hall–Kier alpha value is -0.950. The average molecular weight is 208 g/mol. The Morgan fingerprint density at radius 2 is 2.29 bits per heavy atom. The second-order valence-electron chi connectivity index (χ2n) is 3.73. The van der Waals surface area contributed by atoms with Crippen LogP contribution in [0, 0.1) is 0 Å². The van der Waals surface area contributed by atoms with Gasteiger partial charge in [0.05, 0.1) is 0 Å². The van der Waals surface area contributed by atoms with Crippen molar-refractivity contribution in [3.05, 3.63) is 41.4 Å². The van der Waals surface area contributed by atoms with E-state index in [1.54, 1.807) is 5.54 Å². The monoisotopic (exact) mass is 207 g/mol. The first-order valence-electron chi connectivity index (χ1n) is 4.92. The highest BCUT2D eigenvalue weighted by Crippen LogP contribution is 2.35. The summed E-state index contributed by atoms with van der Waals surface area (Å²) in [4.78, 5) is 2.36. The van der Waals surface area contributed by atoms with Gasteiger partial charge in [0.1, 0.15) is 0 Å². The molecule has 0 amide bonds. The molecule has 1 aromatic carbocycles. The fraction of sp³-hybridized carbons (Fsp3) is 0.333. The third-order valence-corrected chi connectivity index (χ3v) is 2.90. The van der Waals surface area contributed by atoms with Gasteiger partial charge in [0.25, 0.3) is 0 Å². The van der Waals surface area contributed by atoms with E-state index >= 15 is 0 Å². The minimum absolute atomic E-state index is 0.634. The van der Waals surface area contributed by atoms with Gasteiger partial charge in [-0.15, -0.1) is 0 Å². The Balaban J connectivity index is 2.25. The summed E-state index contributed by atoms with van der Waals surface area (Å²) in [6, 6.07) is 8.59. The van der Waals surface area contributed by atoms with Gasteiger partial charge < -0.3 is 4.90 Å². The standard InChI is InChI=1S/C12H14ClN/c1-10-9-14(8-4-7-13)12-6-3-2-5-11(10)12/h2-7,10H,8-9H2,1H3. The Morgan fingerprint density at radius 1 is 1.50 bits per heavy atom. The second-order valence-corrected chi connectivity index (χ2v) is 3.98. The first kappa shape index (κ1) is 9.60. The number of hydrogen-bond acceptors (Lipinski definition) is 1. The summed E-state index contributed by atoms with van der Waals surface area (Å²) in [5, 5.41) is 0. The van der Waals surface area contributed by atoms with Crippen molar-refractivity contribution in [1.29, 1.82) is 0 Å². The molecule has 1 aromatic rings. The van der Waals surface area contributed by atoms with Crippen LogP contribution in [0.3, 0.4) is 0 Å². The molecule has 1 nitrogen and oxygen atoms in total. The maximum Gasteiger partial charge on any atom is 0.0405 e. The van der Waals surface area contributed by atoms with E-state index in [9.17, 15) is 0 Å². The van der Waals surface area contributed by atoms with Crippen molar-refractivity contribution in [1.82, 2.24) is 0 Å². The van der Waals surface area contributed by atoms with E-state index in [1.807, 2.05) is 6.08 Å². The van der Waals surface area contributed by atoms with Crippen LogP contribution in [-0.4, -0.2) is 13.1 Å². The lowest BCUT2D eigenvalue weighted by molar-refractivity contribution is 0.777. The molecule has 0 aliphatic carbocycles. The third kappa shape index (κ3) is 1.64. The summed E-state index contributed by atoms with van der Waals surface area (Å²) in [5.41, 5.74) is 4.40. The Labute approximate surface area is 90.0 Å². The lowest BCUT2D eigenvalue weighted by Gasteiger charge is -2.16. The molecular formula is C12H14ClN. The largest absolute Gasteiger partial charge is 0.367 e.